The van der Waals surface area contributed by atoms with E-state index in [2.05, 4.69) is 23.5 Å². The highest BCUT2D eigenvalue weighted by atomic mass is 16.5. The molecule has 4 heteroatoms. The summed E-state index contributed by atoms with van der Waals surface area (Å²) in [4.78, 5) is 15.3. The van der Waals surface area contributed by atoms with Crippen molar-refractivity contribution in [2.45, 2.75) is 32.4 Å². The summed E-state index contributed by atoms with van der Waals surface area (Å²) >= 11 is 0. The molecular formula is C10H20N2O2. The number of ether oxygens (including phenoxy) is 1. The van der Waals surface area contributed by atoms with Crippen LogP contribution in [0.1, 0.15) is 20.3 Å². The van der Waals surface area contributed by atoms with Crippen LogP contribution in [0.25, 0.3) is 0 Å². The molecule has 1 rings (SSSR count). The monoisotopic (exact) mass is 200 g/mol. The third-order valence-electron chi connectivity index (χ3n) is 2.94. The number of likely N-dealkylation sites (N-methyl/N-ethyl adjacent to an activating group) is 1. The molecule has 1 aliphatic heterocycles. The van der Waals surface area contributed by atoms with Crippen molar-refractivity contribution < 1.29 is 9.53 Å². The van der Waals surface area contributed by atoms with E-state index in [0.717, 1.165) is 19.5 Å². The molecule has 0 saturated carbocycles. The van der Waals surface area contributed by atoms with Crippen molar-refractivity contribution in [1.29, 1.82) is 0 Å². The van der Waals surface area contributed by atoms with Crippen LogP contribution in [0.3, 0.4) is 0 Å². The van der Waals surface area contributed by atoms with E-state index in [4.69, 9.17) is 0 Å². The van der Waals surface area contributed by atoms with Crippen LogP contribution in [0.2, 0.25) is 0 Å². The second kappa shape index (κ2) is 4.64. The van der Waals surface area contributed by atoms with Gasteiger partial charge in [0.05, 0.1) is 7.11 Å². The minimum atomic E-state index is -0.236. The first kappa shape index (κ1) is 11.3. The van der Waals surface area contributed by atoms with Crippen molar-refractivity contribution in [2.75, 3.05) is 27.2 Å². The first-order chi connectivity index (χ1) is 6.56. The number of amides is 1. The molecule has 0 radical (unpaired) electrons. The Balaban J connectivity index is 2.45. The topological polar surface area (TPSA) is 32.8 Å². The van der Waals surface area contributed by atoms with Gasteiger partial charge in [0.2, 0.25) is 0 Å². The molecule has 82 valence electrons. The second-order valence-electron chi connectivity index (χ2n) is 4.11. The fourth-order valence-electron chi connectivity index (χ4n) is 1.85. The summed E-state index contributed by atoms with van der Waals surface area (Å²) in [6, 6.07) is 0.871. The quantitative estimate of drug-likeness (QED) is 0.670. The molecule has 0 aromatic rings. The molecule has 1 aliphatic rings. The van der Waals surface area contributed by atoms with Crippen LogP contribution in [0, 0.1) is 0 Å². The first-order valence-corrected chi connectivity index (χ1v) is 5.11. The second-order valence-corrected chi connectivity index (χ2v) is 4.11. The van der Waals surface area contributed by atoms with Crippen molar-refractivity contribution in [3.05, 3.63) is 0 Å². The molecule has 0 unspecified atom stereocenters. The molecule has 1 saturated heterocycles. The number of hydrogen-bond acceptors (Lipinski definition) is 3. The summed E-state index contributed by atoms with van der Waals surface area (Å²) in [7, 11) is 3.23. The van der Waals surface area contributed by atoms with Gasteiger partial charge in [-0.05, 0) is 20.3 Å². The van der Waals surface area contributed by atoms with Crippen LogP contribution in [0.4, 0.5) is 4.79 Å². The van der Waals surface area contributed by atoms with E-state index in [-0.39, 0.29) is 6.09 Å². The molecule has 1 amide bonds. The number of nitrogens with zero attached hydrogens (tertiary/aromatic N) is 2. The van der Waals surface area contributed by atoms with Crippen molar-refractivity contribution in [3.8, 4) is 0 Å². The Kier molecular flexibility index (Phi) is 3.75. The molecule has 4 nitrogen and oxygen atoms in total. The molecule has 14 heavy (non-hydrogen) atoms. The van der Waals surface area contributed by atoms with Gasteiger partial charge in [0.25, 0.3) is 0 Å². The van der Waals surface area contributed by atoms with Gasteiger partial charge >= 0.3 is 6.09 Å². The number of carbonyl (C=O) groups excluding carboxylic acids is 1. The molecule has 0 N–H and O–H groups in total. The van der Waals surface area contributed by atoms with Gasteiger partial charge in [0.1, 0.15) is 0 Å². The summed E-state index contributed by atoms with van der Waals surface area (Å²) in [6.07, 6.45) is 0.810. The molecule has 1 fully saturated rings. The third-order valence-corrected chi connectivity index (χ3v) is 2.94. The zero-order chi connectivity index (χ0) is 10.7. The fraction of sp³-hybridized carbons (Fsp3) is 0.900. The highest BCUT2D eigenvalue weighted by Crippen LogP contribution is 2.17. The summed E-state index contributed by atoms with van der Waals surface area (Å²) in [5, 5.41) is 0. The summed E-state index contributed by atoms with van der Waals surface area (Å²) < 4.78 is 4.69. The van der Waals surface area contributed by atoms with Crippen LogP contribution in [-0.4, -0.2) is 55.2 Å². The van der Waals surface area contributed by atoms with Crippen molar-refractivity contribution in [3.63, 3.8) is 0 Å². The van der Waals surface area contributed by atoms with Crippen LogP contribution in [0.15, 0.2) is 0 Å². The standard InChI is InChI=1S/C10H20N2O2/c1-8(2)12-6-5-9(7-12)11(3)10(13)14-4/h8-9H,5-7H2,1-4H3/t9-/m1/s1. The summed E-state index contributed by atoms with van der Waals surface area (Å²) in [5.74, 6) is 0. The lowest BCUT2D eigenvalue weighted by molar-refractivity contribution is 0.117. The Labute approximate surface area is 85.8 Å². The lowest BCUT2D eigenvalue weighted by Gasteiger charge is -2.25. The average molecular weight is 200 g/mol. The summed E-state index contributed by atoms with van der Waals surface area (Å²) in [6.45, 7) is 6.40. The van der Waals surface area contributed by atoms with E-state index in [1.54, 1.807) is 11.9 Å². The maximum Gasteiger partial charge on any atom is 0.409 e. The van der Waals surface area contributed by atoms with Gasteiger partial charge in [0.15, 0.2) is 0 Å². The van der Waals surface area contributed by atoms with Gasteiger partial charge in [0, 0.05) is 32.2 Å². The van der Waals surface area contributed by atoms with E-state index < -0.39 is 0 Å². The van der Waals surface area contributed by atoms with E-state index in [0.29, 0.717) is 12.1 Å². The van der Waals surface area contributed by atoms with Crippen LogP contribution < -0.4 is 0 Å². The average Bonchev–Trinajstić information content (AvgIpc) is 2.64. The molecule has 0 aliphatic carbocycles. The maximum atomic E-state index is 11.3. The highest BCUT2D eigenvalue weighted by molar-refractivity contribution is 5.67. The number of methoxy groups -OCH3 is 1. The van der Waals surface area contributed by atoms with Gasteiger partial charge in [-0.2, -0.15) is 0 Å². The number of likely N-dealkylation sites (tertiary alicyclic amines) is 1. The predicted molar refractivity (Wildman–Crippen MR) is 55.3 cm³/mol. The molecule has 0 aromatic heterocycles. The fourth-order valence-corrected chi connectivity index (χ4v) is 1.85. The van der Waals surface area contributed by atoms with Gasteiger partial charge in [-0.15, -0.1) is 0 Å². The smallest absolute Gasteiger partial charge is 0.409 e. The number of carbonyl (C=O) groups is 1. The van der Waals surface area contributed by atoms with Crippen molar-refractivity contribution >= 4 is 6.09 Å². The molecule has 0 bridgehead atoms. The van der Waals surface area contributed by atoms with Crippen molar-refractivity contribution in [1.82, 2.24) is 9.80 Å². The maximum absolute atomic E-state index is 11.3. The van der Waals surface area contributed by atoms with Crippen molar-refractivity contribution in [2.24, 2.45) is 0 Å². The SMILES string of the molecule is COC(=O)N(C)[C@@H]1CCN(C(C)C)C1. The Morgan fingerprint density at radius 1 is 1.57 bits per heavy atom. The van der Waals surface area contributed by atoms with Crippen LogP contribution in [0.5, 0.6) is 0 Å². The van der Waals surface area contributed by atoms with E-state index in [1.165, 1.54) is 7.11 Å². The zero-order valence-corrected chi connectivity index (χ0v) is 9.49. The number of rotatable bonds is 2. The first-order valence-electron chi connectivity index (χ1n) is 5.11. The molecule has 0 spiro atoms. The van der Waals surface area contributed by atoms with Gasteiger partial charge in [-0.3, -0.25) is 4.90 Å². The van der Waals surface area contributed by atoms with Gasteiger partial charge in [-0.1, -0.05) is 0 Å². The Morgan fingerprint density at radius 3 is 2.64 bits per heavy atom. The van der Waals surface area contributed by atoms with Gasteiger partial charge < -0.3 is 9.64 Å². The Bertz CT molecular complexity index is 206. The minimum Gasteiger partial charge on any atom is -0.453 e. The Morgan fingerprint density at radius 2 is 2.21 bits per heavy atom. The van der Waals surface area contributed by atoms with E-state index in [9.17, 15) is 4.79 Å². The zero-order valence-electron chi connectivity index (χ0n) is 9.49. The molecule has 1 atom stereocenters. The lowest BCUT2D eigenvalue weighted by Crippen LogP contribution is -2.40. The summed E-state index contributed by atoms with van der Waals surface area (Å²) in [5.41, 5.74) is 0. The number of hydrogen-bond donors (Lipinski definition) is 0. The molecule has 1 heterocycles. The largest absolute Gasteiger partial charge is 0.453 e. The van der Waals surface area contributed by atoms with E-state index >= 15 is 0 Å². The molecule has 0 aromatic carbocycles. The third kappa shape index (κ3) is 2.38. The highest BCUT2D eigenvalue weighted by Gasteiger charge is 2.29. The normalized spacial score (nSPS) is 22.8. The van der Waals surface area contributed by atoms with E-state index in [1.807, 2.05) is 0 Å². The van der Waals surface area contributed by atoms with Gasteiger partial charge in [-0.25, -0.2) is 4.79 Å². The Hall–Kier alpha value is -0.770. The van der Waals surface area contributed by atoms with Crippen LogP contribution >= 0.6 is 0 Å². The predicted octanol–water partition coefficient (Wildman–Crippen LogP) is 1.17. The van der Waals surface area contributed by atoms with Crippen LogP contribution in [-0.2, 0) is 4.74 Å². The lowest BCUT2D eigenvalue weighted by atomic mass is 10.2. The molecular weight excluding hydrogens is 180 g/mol. The minimum absolute atomic E-state index is 0.236.